The van der Waals surface area contributed by atoms with Crippen LogP contribution in [0, 0.1) is 0 Å². The van der Waals surface area contributed by atoms with Crippen LogP contribution in [0.4, 0.5) is 56.6 Å². The Bertz CT molecular complexity index is 5060. The number of hydrogen-bond donors (Lipinski definition) is 1. The summed E-state index contributed by atoms with van der Waals surface area (Å²) in [4.78, 5) is 63.1. The van der Waals surface area contributed by atoms with Gasteiger partial charge in [-0.25, -0.2) is 68.8 Å². The molecular weight excluding hydrogens is 1770 g/mol. The minimum Gasteiger partial charge on any atom is -0.363 e. The van der Waals surface area contributed by atoms with E-state index < -0.39 is 126 Å². The predicted octanol–water partition coefficient (Wildman–Crippen LogP) is 18.4. The number of halogens is 20. The molecule has 9 rings (SSSR count). The second kappa shape index (κ2) is 38.6. The molecule has 0 fully saturated rings. The Balaban J connectivity index is 0.000000309. The molecule has 0 atom stereocenters. The number of sulfonamides is 3. The van der Waals surface area contributed by atoms with E-state index in [4.69, 9.17) is 119 Å². The van der Waals surface area contributed by atoms with Crippen LogP contribution in [0.1, 0.15) is 67.0 Å². The number of amides is 1. The summed E-state index contributed by atoms with van der Waals surface area (Å²) in [5.41, 5.74) is -5.44. The average molecular weight is 1810 g/mol. The van der Waals surface area contributed by atoms with Crippen molar-refractivity contribution >= 4 is 197 Å². The molecule has 0 bridgehead atoms. The van der Waals surface area contributed by atoms with Gasteiger partial charge in [-0.05, 0) is 125 Å². The Morgan fingerprint density at radius 2 is 0.830 bits per heavy atom. The first-order chi connectivity index (χ1) is 48.4. The number of carbonyl (C=O) groups excluding carboxylic acids is 3. The summed E-state index contributed by atoms with van der Waals surface area (Å²) in [6.07, 6.45) is -11.1. The lowest BCUT2D eigenvalue weighted by Gasteiger charge is -2.25. The summed E-state index contributed by atoms with van der Waals surface area (Å²) in [5.74, 6) is -1.92. The van der Waals surface area contributed by atoms with Gasteiger partial charge in [-0.1, -0.05) is 130 Å². The number of benzene rings is 3. The second-order valence-corrected chi connectivity index (χ2v) is 29.6. The molecule has 45 heteroatoms. The highest BCUT2D eigenvalue weighted by atomic mass is 79.9. The van der Waals surface area contributed by atoms with Gasteiger partial charge in [0.25, 0.3) is 36.0 Å². The normalized spacial score (nSPS) is 11.5. The first kappa shape index (κ1) is 91.6. The topological polar surface area (TPSA) is 280 Å². The van der Waals surface area contributed by atoms with Crippen molar-refractivity contribution in [2.75, 3.05) is 55.2 Å². The highest BCUT2D eigenvalue weighted by Crippen LogP contribution is 2.41. The highest BCUT2D eigenvalue weighted by molar-refractivity contribution is 9.10. The van der Waals surface area contributed by atoms with Gasteiger partial charge >= 0.3 is 18.5 Å². The van der Waals surface area contributed by atoms with Crippen LogP contribution >= 0.6 is 133 Å². The van der Waals surface area contributed by atoms with Crippen LogP contribution in [-0.2, 0) is 62.9 Å². The van der Waals surface area contributed by atoms with Gasteiger partial charge in [0.05, 0.1) is 85.7 Å². The standard InChI is InChI=1S/C20H13Cl3F3N3O4S.C18H9Cl3F3N3O3S.C14H10BrCl2F3N2O3S.C8H9ClN2O2.CH4.ClH/c1-33-10-29(34(31,32)12-5-6-14(22)13(8-12)20(24,25)26)16-7-11(21)9-27-18(16)19(30)15-3-2-4-17(23)28-15;19-9-6-14(16(25-8-9)17(28)13-2-1-3-15(21)26-13)27-31(29,30)10-4-5-12(20)11(7-10)18(22,23)24;1-25-7-22(12-4-8(16)6-21-13(12)15)26(23,24)9-2-3-11(17)10(5-9)14(18,19)20;1-11(13-2)8(12)6-4-3-5-7(9)10-6;;/h2-9H,10H2,1H3;1-8,27H;2-6H,7H2,1H3;3-5H,1-2H3;1H4;1H. The van der Waals surface area contributed by atoms with Crippen molar-refractivity contribution < 1.29 is 93.5 Å². The van der Waals surface area contributed by atoms with Crippen LogP contribution < -0.4 is 13.3 Å². The number of aromatic nitrogens is 6. The van der Waals surface area contributed by atoms with Crippen LogP contribution in [0.15, 0.2) is 165 Å². The lowest BCUT2D eigenvalue weighted by molar-refractivity contribution is -0.138. The van der Waals surface area contributed by atoms with Crippen molar-refractivity contribution in [3.8, 4) is 0 Å². The first-order valence-electron chi connectivity index (χ1n) is 27.5. The van der Waals surface area contributed by atoms with E-state index in [-0.39, 0.29) is 101 Å². The SMILES string of the molecule is C.COCN(c1cc(Cl)cnc1Br)S(=O)(=O)c1ccc(Cl)c(C(F)(F)F)c1.COCN(c1cc(Cl)cnc1C(=O)c1cccc(Cl)n1)S(=O)(=O)c1ccc(Cl)c(C(F)(F)F)c1.CON(C)C(=O)c1cccc(Cl)n1.Cl.O=C(c1cccc(Cl)n1)c1ncc(Cl)cc1NS(=O)(=O)c1ccc(Cl)c(C(F)(F)F)c1. The minimum atomic E-state index is -4.91. The van der Waals surface area contributed by atoms with E-state index in [9.17, 15) is 79.2 Å². The molecule has 6 heterocycles. The molecule has 1 amide bonds. The van der Waals surface area contributed by atoms with Gasteiger partial charge in [-0.15, -0.1) is 12.4 Å². The van der Waals surface area contributed by atoms with Gasteiger partial charge in [-0.2, -0.15) is 39.5 Å². The predicted molar refractivity (Wildman–Crippen MR) is 386 cm³/mol. The molecule has 6 aromatic heterocycles. The summed E-state index contributed by atoms with van der Waals surface area (Å²) in [5, 5.41) is -0.516. The second-order valence-electron chi connectivity index (χ2n) is 19.8. The third-order valence-corrected chi connectivity index (χ3v) is 20.5. The molecule has 1 N–H and O–H groups in total. The van der Waals surface area contributed by atoms with E-state index in [0.717, 1.165) is 77.4 Å². The third kappa shape index (κ3) is 23.9. The quantitative estimate of drug-likeness (QED) is 0.0259. The average Bonchev–Trinajstić information content (AvgIpc) is 0.750. The number of nitrogens with zero attached hydrogens (tertiary/aromatic N) is 9. The number of carbonyl (C=O) groups is 3. The van der Waals surface area contributed by atoms with Gasteiger partial charge in [-0.3, -0.25) is 23.9 Å². The fourth-order valence-corrected chi connectivity index (χ4v) is 14.1. The van der Waals surface area contributed by atoms with Crippen molar-refractivity contribution in [3.05, 3.63) is 241 Å². The van der Waals surface area contributed by atoms with Gasteiger partial charge in [0, 0.05) is 39.9 Å². The van der Waals surface area contributed by atoms with Crippen molar-refractivity contribution in [3.63, 3.8) is 0 Å². The van der Waals surface area contributed by atoms with E-state index in [1.807, 2.05) is 4.72 Å². The number of rotatable bonds is 19. The van der Waals surface area contributed by atoms with Crippen LogP contribution in [0.3, 0.4) is 0 Å². The van der Waals surface area contributed by atoms with Crippen LogP contribution in [-0.4, -0.2) is 120 Å². The number of hydrogen-bond acceptors (Lipinski definition) is 18. The van der Waals surface area contributed by atoms with Crippen molar-refractivity contribution in [2.24, 2.45) is 0 Å². The molecule has 0 saturated carbocycles. The minimum absolute atomic E-state index is 0. The number of hydroxylamine groups is 2. The molecule has 0 unspecified atom stereocenters. The van der Waals surface area contributed by atoms with Gasteiger partial charge in [0.15, 0.2) is 0 Å². The summed E-state index contributed by atoms with van der Waals surface area (Å²) in [7, 11) is -8.44. The Morgan fingerprint density at radius 3 is 1.24 bits per heavy atom. The first-order valence-corrected chi connectivity index (χ1v) is 36.0. The maximum Gasteiger partial charge on any atom is 0.417 e. The fraction of sp³-hybridized carbons (Fsp3) is 0.164. The van der Waals surface area contributed by atoms with Gasteiger partial charge < -0.3 is 9.47 Å². The zero-order valence-corrected chi connectivity index (χ0v) is 64.2. The lowest BCUT2D eigenvalue weighted by Crippen LogP contribution is -2.34. The number of ketones is 2. The molecule has 9 aromatic rings. The summed E-state index contributed by atoms with van der Waals surface area (Å²) in [6.45, 7) is -1.16. The zero-order chi connectivity index (χ0) is 77.8. The molecule has 3 aromatic carbocycles. The Hall–Kier alpha value is -6.75. The smallest absolute Gasteiger partial charge is 0.363 e. The Kier molecular flexibility index (Phi) is 33.3. The highest BCUT2D eigenvalue weighted by Gasteiger charge is 2.40. The maximum atomic E-state index is 13.4. The van der Waals surface area contributed by atoms with Crippen molar-refractivity contribution in [1.29, 1.82) is 0 Å². The number of pyridine rings is 6. The molecule has 0 aliphatic carbocycles. The van der Waals surface area contributed by atoms with E-state index in [1.54, 1.807) is 18.2 Å². The third-order valence-electron chi connectivity index (χ3n) is 12.8. The monoisotopic (exact) mass is 1810 g/mol. The molecule has 0 aliphatic heterocycles. The molecule has 570 valence electrons. The van der Waals surface area contributed by atoms with Gasteiger partial charge in [0.2, 0.25) is 11.6 Å². The summed E-state index contributed by atoms with van der Waals surface area (Å²) < 4.78 is 210. The molecule has 0 spiro atoms. The number of ether oxygens (including phenoxy) is 2. The van der Waals surface area contributed by atoms with E-state index >= 15 is 0 Å². The van der Waals surface area contributed by atoms with Crippen LogP contribution in [0.5, 0.6) is 0 Å². The van der Waals surface area contributed by atoms with E-state index in [0.29, 0.717) is 22.5 Å². The van der Waals surface area contributed by atoms with Crippen LogP contribution in [0.2, 0.25) is 45.6 Å². The van der Waals surface area contributed by atoms with Gasteiger partial charge in [0.1, 0.15) is 62.0 Å². The van der Waals surface area contributed by atoms with E-state index in [1.165, 1.54) is 69.9 Å². The number of alkyl halides is 9. The largest absolute Gasteiger partial charge is 0.417 e. The number of methoxy groups -OCH3 is 2. The van der Waals surface area contributed by atoms with Crippen molar-refractivity contribution in [2.45, 2.75) is 40.6 Å². The number of nitrogens with one attached hydrogen (secondary N) is 1. The zero-order valence-electron chi connectivity index (χ0n) is 52.5. The van der Waals surface area contributed by atoms with Crippen molar-refractivity contribution in [1.82, 2.24) is 35.0 Å². The Labute approximate surface area is 657 Å². The molecule has 22 nitrogen and oxygen atoms in total. The molecule has 0 aliphatic rings. The molecular formula is C61H46BrCl10F9N10O12S3. The maximum absolute atomic E-state index is 13.4. The van der Waals surface area contributed by atoms with E-state index in [2.05, 4.69) is 45.8 Å². The number of anilines is 3. The molecule has 0 radical (unpaired) electrons. The Morgan fingerprint density at radius 1 is 0.481 bits per heavy atom. The molecule has 106 heavy (non-hydrogen) atoms. The summed E-state index contributed by atoms with van der Waals surface area (Å²) in [6, 6.07) is 23.2. The van der Waals surface area contributed by atoms with Crippen LogP contribution in [0.25, 0.3) is 0 Å². The lowest BCUT2D eigenvalue weighted by atomic mass is 10.1. The molecule has 0 saturated heterocycles. The summed E-state index contributed by atoms with van der Waals surface area (Å²) >= 11 is 54.7. The fourth-order valence-electron chi connectivity index (χ4n) is 8.04.